The van der Waals surface area contributed by atoms with Crippen LogP contribution in [0.1, 0.15) is 31.2 Å². The summed E-state index contributed by atoms with van der Waals surface area (Å²) in [5.41, 5.74) is 5.94. The van der Waals surface area contributed by atoms with E-state index in [2.05, 4.69) is 4.98 Å². The predicted molar refractivity (Wildman–Crippen MR) is 68.8 cm³/mol. The zero-order valence-electron chi connectivity index (χ0n) is 10.9. The first-order valence-corrected chi connectivity index (χ1v) is 6.18. The molecular formula is C13H16F3N3. The van der Waals surface area contributed by atoms with Gasteiger partial charge in [0, 0.05) is 6.54 Å². The third-order valence-electron chi connectivity index (χ3n) is 3.14. The summed E-state index contributed by atoms with van der Waals surface area (Å²) in [6.07, 6.45) is -2.54. The molecule has 1 aromatic carbocycles. The van der Waals surface area contributed by atoms with Crippen LogP contribution >= 0.6 is 0 Å². The van der Waals surface area contributed by atoms with Crippen LogP contribution in [0.25, 0.3) is 11.0 Å². The second-order valence-electron chi connectivity index (χ2n) is 4.60. The molecule has 0 saturated heterocycles. The Balaban J connectivity index is 2.63. The highest BCUT2D eigenvalue weighted by atomic mass is 19.4. The molecule has 0 atom stereocenters. The van der Waals surface area contributed by atoms with Gasteiger partial charge in [0.15, 0.2) is 0 Å². The number of unbranched alkanes of at least 4 members (excludes halogenated alkanes) is 1. The third kappa shape index (κ3) is 2.52. The monoisotopic (exact) mass is 271 g/mol. The quantitative estimate of drug-likeness (QED) is 0.864. The van der Waals surface area contributed by atoms with Crippen molar-refractivity contribution < 1.29 is 13.2 Å². The average molecular weight is 271 g/mol. The number of hydrogen-bond donors (Lipinski definition) is 1. The van der Waals surface area contributed by atoms with Crippen LogP contribution in [0.5, 0.6) is 0 Å². The number of nitrogen functional groups attached to an aromatic ring is 1. The Morgan fingerprint density at radius 1 is 1.32 bits per heavy atom. The van der Waals surface area contributed by atoms with E-state index in [0.717, 1.165) is 25.0 Å². The van der Waals surface area contributed by atoms with Crippen LogP contribution in [-0.4, -0.2) is 9.55 Å². The molecule has 2 aromatic rings. The van der Waals surface area contributed by atoms with E-state index < -0.39 is 11.7 Å². The number of imidazole rings is 1. The number of hydrogen-bond acceptors (Lipinski definition) is 2. The number of nitrogens with zero attached hydrogens (tertiary/aromatic N) is 2. The molecule has 2 rings (SSSR count). The van der Waals surface area contributed by atoms with Crippen molar-refractivity contribution in [1.29, 1.82) is 0 Å². The number of aryl methyl sites for hydroxylation is 2. The molecule has 0 aliphatic rings. The molecule has 19 heavy (non-hydrogen) atoms. The summed E-state index contributed by atoms with van der Waals surface area (Å²) in [6.45, 7) is 4.46. The largest absolute Gasteiger partial charge is 0.416 e. The lowest BCUT2D eigenvalue weighted by Gasteiger charge is -2.10. The molecule has 0 fully saturated rings. The zero-order chi connectivity index (χ0) is 14.2. The lowest BCUT2D eigenvalue weighted by molar-refractivity contribution is -0.137. The third-order valence-corrected chi connectivity index (χ3v) is 3.14. The summed E-state index contributed by atoms with van der Waals surface area (Å²) in [5, 5.41) is 0. The molecule has 0 amide bonds. The van der Waals surface area contributed by atoms with Crippen molar-refractivity contribution >= 4 is 16.7 Å². The summed E-state index contributed by atoms with van der Waals surface area (Å²) in [6, 6.07) is 2.07. The van der Waals surface area contributed by atoms with Gasteiger partial charge in [-0.3, -0.25) is 0 Å². The van der Waals surface area contributed by atoms with Gasteiger partial charge in [0.2, 0.25) is 0 Å². The van der Waals surface area contributed by atoms with Crippen LogP contribution in [0, 0.1) is 6.92 Å². The lowest BCUT2D eigenvalue weighted by Crippen LogP contribution is -2.07. The summed E-state index contributed by atoms with van der Waals surface area (Å²) >= 11 is 0. The van der Waals surface area contributed by atoms with Crippen LogP contribution in [0.4, 0.5) is 18.9 Å². The predicted octanol–water partition coefficient (Wildman–Crippen LogP) is 3.75. The number of nitrogens with two attached hydrogens (primary N) is 1. The summed E-state index contributed by atoms with van der Waals surface area (Å²) in [4.78, 5) is 4.26. The fraction of sp³-hybridized carbons (Fsp3) is 0.462. The zero-order valence-corrected chi connectivity index (χ0v) is 10.9. The van der Waals surface area contributed by atoms with Gasteiger partial charge >= 0.3 is 6.18 Å². The Bertz CT molecular complexity index is 599. The minimum absolute atomic E-state index is 0.0724. The number of aromatic nitrogens is 2. The van der Waals surface area contributed by atoms with Gasteiger partial charge < -0.3 is 10.3 Å². The van der Waals surface area contributed by atoms with E-state index in [-0.39, 0.29) is 5.69 Å². The standard InChI is InChI=1S/C13H16F3N3/c1-3-4-5-19-8(2)18-12-10(17)6-9(7-11(12)19)13(14,15)16/h6-7H,3-5,17H2,1-2H3. The van der Waals surface area contributed by atoms with E-state index in [1.807, 2.05) is 6.92 Å². The number of halogens is 3. The topological polar surface area (TPSA) is 43.8 Å². The molecule has 1 aromatic heterocycles. The molecule has 6 heteroatoms. The van der Waals surface area contributed by atoms with Gasteiger partial charge in [-0.25, -0.2) is 4.98 Å². The minimum atomic E-state index is -4.39. The molecule has 0 aliphatic heterocycles. The maximum Gasteiger partial charge on any atom is 0.416 e. The second kappa shape index (κ2) is 4.75. The van der Waals surface area contributed by atoms with Crippen LogP contribution in [0.2, 0.25) is 0 Å². The Kier molecular flexibility index (Phi) is 3.43. The van der Waals surface area contributed by atoms with Gasteiger partial charge in [0.25, 0.3) is 0 Å². The summed E-state index contributed by atoms with van der Waals surface area (Å²) in [7, 11) is 0. The molecule has 0 aliphatic carbocycles. The molecule has 0 bridgehead atoms. The van der Waals surface area contributed by atoms with Crippen molar-refractivity contribution in [3.05, 3.63) is 23.5 Å². The molecule has 1 heterocycles. The van der Waals surface area contributed by atoms with Gasteiger partial charge in [-0.05, 0) is 25.5 Å². The summed E-state index contributed by atoms with van der Waals surface area (Å²) in [5.74, 6) is 0.689. The molecule has 3 nitrogen and oxygen atoms in total. The Morgan fingerprint density at radius 3 is 2.58 bits per heavy atom. The molecule has 0 unspecified atom stereocenters. The molecule has 0 saturated carbocycles. The van der Waals surface area contributed by atoms with Gasteiger partial charge in [0.05, 0.1) is 16.8 Å². The van der Waals surface area contributed by atoms with Crippen molar-refractivity contribution in [3.63, 3.8) is 0 Å². The maximum absolute atomic E-state index is 12.8. The number of benzene rings is 1. The molecule has 104 valence electrons. The number of alkyl halides is 3. The highest BCUT2D eigenvalue weighted by Crippen LogP contribution is 2.34. The van der Waals surface area contributed by atoms with Gasteiger partial charge in [-0.1, -0.05) is 13.3 Å². The van der Waals surface area contributed by atoms with Gasteiger partial charge in [0.1, 0.15) is 11.3 Å². The van der Waals surface area contributed by atoms with E-state index in [1.54, 1.807) is 11.5 Å². The number of fused-ring (bicyclic) bond motifs is 1. The van der Waals surface area contributed by atoms with Crippen LogP contribution in [-0.2, 0) is 12.7 Å². The first kappa shape index (κ1) is 13.7. The molecule has 0 radical (unpaired) electrons. The van der Waals surface area contributed by atoms with Crippen LogP contribution < -0.4 is 5.73 Å². The minimum Gasteiger partial charge on any atom is -0.397 e. The average Bonchev–Trinajstić information content (AvgIpc) is 2.62. The Morgan fingerprint density at radius 2 is 2.00 bits per heavy atom. The molecule has 0 spiro atoms. The van der Waals surface area contributed by atoms with E-state index in [4.69, 9.17) is 5.73 Å². The highest BCUT2D eigenvalue weighted by Gasteiger charge is 2.32. The van der Waals surface area contributed by atoms with Gasteiger partial charge in [-0.2, -0.15) is 13.2 Å². The van der Waals surface area contributed by atoms with Crippen molar-refractivity contribution in [2.75, 3.05) is 5.73 Å². The first-order chi connectivity index (χ1) is 8.84. The van der Waals surface area contributed by atoms with Crippen molar-refractivity contribution in [1.82, 2.24) is 9.55 Å². The summed E-state index contributed by atoms with van der Waals surface area (Å²) < 4.78 is 40.2. The smallest absolute Gasteiger partial charge is 0.397 e. The number of rotatable bonds is 3. The fourth-order valence-corrected chi connectivity index (χ4v) is 2.13. The van der Waals surface area contributed by atoms with E-state index in [1.165, 1.54) is 0 Å². The maximum atomic E-state index is 12.8. The normalized spacial score (nSPS) is 12.3. The SMILES string of the molecule is CCCCn1c(C)nc2c(N)cc(C(F)(F)F)cc21. The van der Waals surface area contributed by atoms with Crippen molar-refractivity contribution in [2.45, 2.75) is 39.4 Å². The van der Waals surface area contributed by atoms with Crippen molar-refractivity contribution in [3.8, 4) is 0 Å². The van der Waals surface area contributed by atoms with E-state index >= 15 is 0 Å². The second-order valence-corrected chi connectivity index (χ2v) is 4.60. The first-order valence-electron chi connectivity index (χ1n) is 6.18. The Labute approximate surface area is 109 Å². The van der Waals surface area contributed by atoms with Gasteiger partial charge in [-0.15, -0.1) is 0 Å². The Hall–Kier alpha value is -1.72. The van der Waals surface area contributed by atoms with Crippen molar-refractivity contribution in [2.24, 2.45) is 0 Å². The fourth-order valence-electron chi connectivity index (χ4n) is 2.13. The van der Waals surface area contributed by atoms with Crippen LogP contribution in [0.3, 0.4) is 0 Å². The van der Waals surface area contributed by atoms with E-state index in [9.17, 15) is 13.2 Å². The molecular weight excluding hydrogens is 255 g/mol. The van der Waals surface area contributed by atoms with E-state index in [0.29, 0.717) is 23.4 Å². The molecule has 2 N–H and O–H groups in total. The number of anilines is 1. The lowest BCUT2D eigenvalue weighted by atomic mass is 10.1. The van der Waals surface area contributed by atoms with Crippen LogP contribution in [0.15, 0.2) is 12.1 Å². The highest BCUT2D eigenvalue weighted by molar-refractivity contribution is 5.88.